The number of benzene rings is 1. The van der Waals surface area contributed by atoms with E-state index >= 15 is 0 Å². The zero-order valence-corrected chi connectivity index (χ0v) is 10.7. The zero-order chi connectivity index (χ0) is 13.3. The highest BCUT2D eigenvalue weighted by atomic mass is 19.1. The molecule has 0 aliphatic heterocycles. The van der Waals surface area contributed by atoms with E-state index in [1.165, 1.54) is 12.1 Å². The first-order valence-corrected chi connectivity index (χ1v) is 6.29. The molecule has 96 valence electrons. The van der Waals surface area contributed by atoms with Crippen LogP contribution < -0.4 is 0 Å². The summed E-state index contributed by atoms with van der Waals surface area (Å²) in [6, 6.07) is 6.05. The van der Waals surface area contributed by atoms with E-state index in [0.29, 0.717) is 5.92 Å². The molecule has 0 aromatic heterocycles. The Bertz CT molecular complexity index is 468. The van der Waals surface area contributed by atoms with Crippen LogP contribution in [0.4, 0.5) is 8.78 Å². The lowest BCUT2D eigenvalue weighted by Gasteiger charge is -2.23. The van der Waals surface area contributed by atoms with Crippen molar-refractivity contribution in [2.24, 2.45) is 11.3 Å². The van der Waals surface area contributed by atoms with Crippen molar-refractivity contribution < 1.29 is 8.78 Å². The van der Waals surface area contributed by atoms with Gasteiger partial charge in [0.05, 0.1) is 11.5 Å². The van der Waals surface area contributed by atoms with Crippen LogP contribution in [-0.2, 0) is 0 Å². The Labute approximate surface area is 106 Å². The largest absolute Gasteiger partial charge is 0.207 e. The number of halogens is 2. The molecule has 1 nitrogen and oxygen atoms in total. The Morgan fingerprint density at radius 2 is 1.78 bits per heavy atom. The molecule has 0 heterocycles. The molecule has 1 aromatic rings. The summed E-state index contributed by atoms with van der Waals surface area (Å²) in [4.78, 5) is 0. The zero-order valence-electron chi connectivity index (χ0n) is 10.7. The van der Waals surface area contributed by atoms with Gasteiger partial charge < -0.3 is 0 Å². The van der Waals surface area contributed by atoms with E-state index in [-0.39, 0.29) is 11.3 Å². The monoisotopic (exact) mass is 249 g/mol. The Morgan fingerprint density at radius 1 is 1.17 bits per heavy atom. The van der Waals surface area contributed by atoms with Crippen molar-refractivity contribution in [2.75, 3.05) is 0 Å². The van der Waals surface area contributed by atoms with Gasteiger partial charge >= 0.3 is 0 Å². The molecule has 1 fully saturated rings. The van der Waals surface area contributed by atoms with Crippen LogP contribution >= 0.6 is 0 Å². The van der Waals surface area contributed by atoms with Crippen LogP contribution in [0.2, 0.25) is 0 Å². The number of hydrogen-bond donors (Lipinski definition) is 0. The van der Waals surface area contributed by atoms with Crippen LogP contribution in [0.25, 0.3) is 0 Å². The first kappa shape index (κ1) is 13.0. The lowest BCUT2D eigenvalue weighted by molar-refractivity contribution is 0.297. The van der Waals surface area contributed by atoms with E-state index in [0.717, 1.165) is 30.9 Å². The molecule has 0 amide bonds. The van der Waals surface area contributed by atoms with Crippen molar-refractivity contribution in [2.45, 2.75) is 39.0 Å². The van der Waals surface area contributed by atoms with Gasteiger partial charge in [0.25, 0.3) is 0 Å². The van der Waals surface area contributed by atoms with Gasteiger partial charge in [-0.2, -0.15) is 5.26 Å². The fourth-order valence-electron chi connectivity index (χ4n) is 2.84. The molecule has 0 saturated heterocycles. The molecule has 2 atom stereocenters. The van der Waals surface area contributed by atoms with Crippen LogP contribution in [-0.4, -0.2) is 0 Å². The molecule has 1 aromatic carbocycles. The molecule has 0 bridgehead atoms. The first-order chi connectivity index (χ1) is 8.42. The van der Waals surface area contributed by atoms with Gasteiger partial charge in [-0.15, -0.1) is 0 Å². The SMILES string of the molecule is CC(C)(C#N)[C@H]1CC[C@@H](c2cc(F)cc(F)c2)C1. The molecule has 18 heavy (non-hydrogen) atoms. The van der Waals surface area contributed by atoms with E-state index < -0.39 is 11.6 Å². The summed E-state index contributed by atoms with van der Waals surface area (Å²) < 4.78 is 26.4. The number of hydrogen-bond acceptors (Lipinski definition) is 1. The summed E-state index contributed by atoms with van der Waals surface area (Å²) in [6.45, 7) is 3.87. The predicted molar refractivity (Wildman–Crippen MR) is 65.8 cm³/mol. The first-order valence-electron chi connectivity index (χ1n) is 6.29. The Kier molecular flexibility index (Phi) is 3.38. The Morgan fingerprint density at radius 3 is 2.33 bits per heavy atom. The van der Waals surface area contributed by atoms with Crippen LogP contribution in [0.15, 0.2) is 18.2 Å². The fraction of sp³-hybridized carbons (Fsp3) is 0.533. The second-order valence-electron chi connectivity index (χ2n) is 5.74. The van der Waals surface area contributed by atoms with Gasteiger partial charge in [-0.25, -0.2) is 8.78 Å². The average Bonchev–Trinajstić information content (AvgIpc) is 2.77. The van der Waals surface area contributed by atoms with Crippen LogP contribution in [0.5, 0.6) is 0 Å². The van der Waals surface area contributed by atoms with Crippen LogP contribution in [0, 0.1) is 34.3 Å². The topological polar surface area (TPSA) is 23.8 Å². The van der Waals surface area contributed by atoms with Crippen LogP contribution in [0.3, 0.4) is 0 Å². The summed E-state index contributed by atoms with van der Waals surface area (Å²) in [5.41, 5.74) is 0.365. The predicted octanol–water partition coefficient (Wildman–Crippen LogP) is 4.40. The van der Waals surface area contributed by atoms with E-state index in [1.54, 1.807) is 0 Å². The molecular formula is C15H17F2N. The summed E-state index contributed by atoms with van der Waals surface area (Å²) in [6.07, 6.45) is 2.69. The highest BCUT2D eigenvalue weighted by molar-refractivity contribution is 5.23. The minimum Gasteiger partial charge on any atom is -0.207 e. The number of rotatable bonds is 2. The molecular weight excluding hydrogens is 232 g/mol. The lowest BCUT2D eigenvalue weighted by atomic mass is 9.78. The van der Waals surface area contributed by atoms with Gasteiger partial charge in [-0.3, -0.25) is 0 Å². The average molecular weight is 249 g/mol. The van der Waals surface area contributed by atoms with Crippen molar-refractivity contribution in [1.82, 2.24) is 0 Å². The summed E-state index contributed by atoms with van der Waals surface area (Å²) in [7, 11) is 0. The Balaban J connectivity index is 2.16. The molecule has 0 radical (unpaired) electrons. The van der Waals surface area contributed by atoms with E-state index in [9.17, 15) is 8.78 Å². The highest BCUT2D eigenvalue weighted by Crippen LogP contribution is 2.46. The van der Waals surface area contributed by atoms with Crippen LogP contribution in [0.1, 0.15) is 44.6 Å². The van der Waals surface area contributed by atoms with Gasteiger partial charge in [0.1, 0.15) is 11.6 Å². The molecule has 0 spiro atoms. The highest BCUT2D eigenvalue weighted by Gasteiger charge is 2.36. The molecule has 0 N–H and O–H groups in total. The van der Waals surface area contributed by atoms with Gasteiger partial charge in [0, 0.05) is 6.07 Å². The second-order valence-corrected chi connectivity index (χ2v) is 5.74. The maximum Gasteiger partial charge on any atom is 0.126 e. The molecule has 1 saturated carbocycles. The van der Waals surface area contributed by atoms with Gasteiger partial charge in [0.2, 0.25) is 0 Å². The van der Waals surface area contributed by atoms with Crippen molar-refractivity contribution in [3.05, 3.63) is 35.4 Å². The quantitative estimate of drug-likeness (QED) is 0.762. The smallest absolute Gasteiger partial charge is 0.126 e. The third-order valence-corrected chi connectivity index (χ3v) is 4.10. The molecule has 1 aliphatic rings. The van der Waals surface area contributed by atoms with E-state index in [4.69, 9.17) is 5.26 Å². The lowest BCUT2D eigenvalue weighted by Crippen LogP contribution is -2.19. The Hall–Kier alpha value is -1.43. The van der Waals surface area contributed by atoms with Gasteiger partial charge in [-0.05, 0) is 62.6 Å². The minimum absolute atomic E-state index is 0.174. The summed E-state index contributed by atoms with van der Waals surface area (Å²) >= 11 is 0. The van der Waals surface area contributed by atoms with Crippen molar-refractivity contribution in [1.29, 1.82) is 5.26 Å². The molecule has 2 rings (SSSR count). The van der Waals surface area contributed by atoms with E-state index in [2.05, 4.69) is 6.07 Å². The second kappa shape index (κ2) is 4.68. The van der Waals surface area contributed by atoms with Crippen molar-refractivity contribution >= 4 is 0 Å². The molecule has 0 unspecified atom stereocenters. The summed E-state index contributed by atoms with van der Waals surface area (Å²) in [5, 5.41) is 9.13. The van der Waals surface area contributed by atoms with Crippen molar-refractivity contribution in [3.8, 4) is 6.07 Å². The maximum atomic E-state index is 13.2. The van der Waals surface area contributed by atoms with Crippen molar-refractivity contribution in [3.63, 3.8) is 0 Å². The maximum absolute atomic E-state index is 13.2. The van der Waals surface area contributed by atoms with E-state index in [1.807, 2.05) is 13.8 Å². The standard InChI is InChI=1S/C15H17F2N/c1-15(2,9-18)12-4-3-10(5-12)11-6-13(16)8-14(17)7-11/h6-8,10,12H,3-5H2,1-2H3/t10-,12+/m1/s1. The molecule has 1 aliphatic carbocycles. The normalized spacial score (nSPS) is 23.9. The number of nitrogens with zero attached hydrogens (tertiary/aromatic N) is 1. The van der Waals surface area contributed by atoms with Gasteiger partial charge in [0.15, 0.2) is 0 Å². The summed E-state index contributed by atoms with van der Waals surface area (Å²) in [5.74, 6) is -0.562. The third-order valence-electron chi connectivity index (χ3n) is 4.10. The number of nitriles is 1. The molecule has 3 heteroatoms. The van der Waals surface area contributed by atoms with Gasteiger partial charge in [-0.1, -0.05) is 0 Å². The third kappa shape index (κ3) is 2.53. The minimum atomic E-state index is -0.520. The fourth-order valence-corrected chi connectivity index (χ4v) is 2.84.